The van der Waals surface area contributed by atoms with E-state index in [4.69, 9.17) is 9.15 Å². The average molecular weight is 419 g/mol. The fourth-order valence-corrected chi connectivity index (χ4v) is 4.00. The summed E-state index contributed by atoms with van der Waals surface area (Å²) in [6, 6.07) is 15.4. The Labute approximate surface area is 180 Å². The van der Waals surface area contributed by atoms with Gasteiger partial charge in [-0.2, -0.15) is 0 Å². The summed E-state index contributed by atoms with van der Waals surface area (Å²) in [4.78, 5) is 29.8. The molecule has 5 rings (SSSR count). The number of methoxy groups -OCH3 is 1. The second-order valence-electron chi connectivity index (χ2n) is 8.04. The van der Waals surface area contributed by atoms with Crippen LogP contribution in [0.5, 0.6) is 5.75 Å². The molecule has 2 aliphatic rings. The molecular weight excluding hydrogens is 394 g/mol. The topological polar surface area (TPSA) is 75.0 Å². The highest BCUT2D eigenvalue weighted by Crippen LogP contribution is 2.35. The van der Waals surface area contributed by atoms with Gasteiger partial charge in [0.1, 0.15) is 17.0 Å². The van der Waals surface area contributed by atoms with Crippen LogP contribution in [-0.4, -0.2) is 50.0 Å². The summed E-state index contributed by atoms with van der Waals surface area (Å²) in [5, 5.41) is 3.72. The number of nitrogens with one attached hydrogen (secondary N) is 1. The zero-order chi connectivity index (χ0) is 21.4. The number of hydrogen-bond donors (Lipinski definition) is 1. The van der Waals surface area contributed by atoms with Gasteiger partial charge in [-0.3, -0.25) is 9.59 Å². The van der Waals surface area contributed by atoms with Crippen molar-refractivity contribution in [3.8, 4) is 5.75 Å². The van der Waals surface area contributed by atoms with Gasteiger partial charge in [0.05, 0.1) is 7.11 Å². The molecule has 0 bridgehead atoms. The molecule has 1 saturated carbocycles. The Morgan fingerprint density at radius 2 is 1.71 bits per heavy atom. The fraction of sp³-hybridized carbons (Fsp3) is 0.333. The van der Waals surface area contributed by atoms with Gasteiger partial charge in [0.15, 0.2) is 0 Å². The molecule has 1 aliphatic carbocycles. The van der Waals surface area contributed by atoms with Gasteiger partial charge >= 0.3 is 0 Å². The molecule has 7 nitrogen and oxygen atoms in total. The van der Waals surface area contributed by atoms with E-state index in [2.05, 4.69) is 10.2 Å². The maximum Gasteiger partial charge on any atom is 0.291 e. The summed E-state index contributed by atoms with van der Waals surface area (Å²) in [6.45, 7) is 2.61. The van der Waals surface area contributed by atoms with Gasteiger partial charge in [0.25, 0.3) is 5.91 Å². The van der Waals surface area contributed by atoms with E-state index in [9.17, 15) is 9.59 Å². The second kappa shape index (κ2) is 7.98. The number of rotatable bonds is 5. The minimum atomic E-state index is -0.184. The van der Waals surface area contributed by atoms with Crippen LogP contribution >= 0.6 is 0 Å². The van der Waals surface area contributed by atoms with Gasteiger partial charge in [0.2, 0.25) is 11.7 Å². The molecule has 2 fully saturated rings. The van der Waals surface area contributed by atoms with Gasteiger partial charge in [-0.1, -0.05) is 12.1 Å². The first kappa shape index (κ1) is 19.5. The van der Waals surface area contributed by atoms with E-state index in [0.29, 0.717) is 24.4 Å². The van der Waals surface area contributed by atoms with Gasteiger partial charge in [-0.05, 0) is 49.2 Å². The zero-order valence-electron chi connectivity index (χ0n) is 17.5. The lowest BCUT2D eigenvalue weighted by Gasteiger charge is -2.35. The van der Waals surface area contributed by atoms with Crippen molar-refractivity contribution in [2.45, 2.75) is 12.8 Å². The molecule has 1 aromatic heterocycles. The highest BCUT2D eigenvalue weighted by Gasteiger charge is 2.33. The maximum atomic E-state index is 13.3. The molecule has 2 aromatic carbocycles. The summed E-state index contributed by atoms with van der Waals surface area (Å²) in [5.74, 6) is 0.864. The third-order valence-electron chi connectivity index (χ3n) is 5.99. The van der Waals surface area contributed by atoms with Crippen LogP contribution in [0.1, 0.15) is 23.4 Å². The first-order chi connectivity index (χ1) is 15.1. The predicted molar refractivity (Wildman–Crippen MR) is 119 cm³/mol. The van der Waals surface area contributed by atoms with Crippen molar-refractivity contribution in [1.82, 2.24) is 4.90 Å². The summed E-state index contributed by atoms with van der Waals surface area (Å²) in [7, 11) is 1.65. The van der Waals surface area contributed by atoms with Crippen molar-refractivity contribution in [1.29, 1.82) is 0 Å². The van der Waals surface area contributed by atoms with Crippen LogP contribution in [0.2, 0.25) is 0 Å². The van der Waals surface area contributed by atoms with Crippen LogP contribution < -0.4 is 15.0 Å². The summed E-state index contributed by atoms with van der Waals surface area (Å²) >= 11 is 0. The van der Waals surface area contributed by atoms with Crippen LogP contribution in [0.3, 0.4) is 0 Å². The molecule has 3 aromatic rings. The van der Waals surface area contributed by atoms with Crippen molar-refractivity contribution in [3.63, 3.8) is 0 Å². The Hall–Kier alpha value is -3.48. The average Bonchev–Trinajstić information content (AvgIpc) is 3.62. The first-order valence-electron chi connectivity index (χ1n) is 10.6. The SMILES string of the molecule is COc1ccc(N2CCN(C(=O)c3oc4ccccc4c3NC(=O)C3CC3)CC2)cc1. The standard InChI is InChI=1S/C24H25N3O4/c1-30-18-10-8-17(9-11-18)26-12-14-27(15-13-26)24(29)22-21(25-23(28)16-6-7-16)19-4-2-3-5-20(19)31-22/h2-5,8-11,16H,6-7,12-15H2,1H3,(H,25,28). The number of ether oxygens (including phenoxy) is 1. The van der Waals surface area contributed by atoms with Crippen LogP contribution in [0.25, 0.3) is 11.0 Å². The number of benzene rings is 2. The van der Waals surface area contributed by atoms with Crippen LogP contribution in [0, 0.1) is 5.92 Å². The van der Waals surface area contributed by atoms with Crippen molar-refractivity contribution in [3.05, 3.63) is 54.3 Å². The van der Waals surface area contributed by atoms with Crippen molar-refractivity contribution in [2.75, 3.05) is 43.5 Å². The minimum Gasteiger partial charge on any atom is -0.497 e. The number of para-hydroxylation sites is 1. The Balaban J connectivity index is 1.33. The van der Waals surface area contributed by atoms with Crippen LogP contribution in [0.15, 0.2) is 52.9 Å². The van der Waals surface area contributed by atoms with E-state index in [1.165, 1.54) is 0 Å². The zero-order valence-corrected chi connectivity index (χ0v) is 17.5. The second-order valence-corrected chi connectivity index (χ2v) is 8.04. The first-order valence-corrected chi connectivity index (χ1v) is 10.6. The smallest absolute Gasteiger partial charge is 0.291 e. The quantitative estimate of drug-likeness (QED) is 0.682. The maximum absolute atomic E-state index is 13.3. The Morgan fingerprint density at radius 1 is 1.00 bits per heavy atom. The largest absolute Gasteiger partial charge is 0.497 e. The van der Waals surface area contributed by atoms with Gasteiger partial charge < -0.3 is 24.3 Å². The monoisotopic (exact) mass is 419 g/mol. The van der Waals surface area contributed by atoms with Crippen molar-refractivity contribution < 1.29 is 18.7 Å². The molecule has 1 saturated heterocycles. The molecule has 1 aliphatic heterocycles. The molecule has 2 amide bonds. The number of amides is 2. The van der Waals surface area contributed by atoms with E-state index >= 15 is 0 Å². The third-order valence-corrected chi connectivity index (χ3v) is 5.99. The Kier molecular flexibility index (Phi) is 5.02. The lowest BCUT2D eigenvalue weighted by molar-refractivity contribution is -0.117. The minimum absolute atomic E-state index is 0.0371. The van der Waals surface area contributed by atoms with Gasteiger partial charge in [0, 0.05) is 43.2 Å². The fourth-order valence-electron chi connectivity index (χ4n) is 4.00. The molecule has 160 valence electrons. The highest BCUT2D eigenvalue weighted by atomic mass is 16.5. The summed E-state index contributed by atoms with van der Waals surface area (Å²) in [5.41, 5.74) is 2.21. The molecule has 1 N–H and O–H groups in total. The molecule has 0 radical (unpaired) electrons. The highest BCUT2D eigenvalue weighted by molar-refractivity contribution is 6.11. The number of piperazine rings is 1. The molecule has 0 unspecified atom stereocenters. The van der Waals surface area contributed by atoms with E-state index in [1.54, 1.807) is 12.0 Å². The number of carbonyl (C=O) groups excluding carboxylic acids is 2. The molecular formula is C24H25N3O4. The number of carbonyl (C=O) groups is 2. The van der Waals surface area contributed by atoms with E-state index in [1.807, 2.05) is 48.5 Å². The van der Waals surface area contributed by atoms with E-state index in [-0.39, 0.29) is 23.5 Å². The Morgan fingerprint density at radius 3 is 2.39 bits per heavy atom. The molecule has 0 spiro atoms. The summed E-state index contributed by atoms with van der Waals surface area (Å²) < 4.78 is 11.1. The van der Waals surface area contributed by atoms with E-state index < -0.39 is 0 Å². The number of nitrogens with zero attached hydrogens (tertiary/aromatic N) is 2. The normalized spacial score (nSPS) is 16.4. The van der Waals surface area contributed by atoms with Gasteiger partial charge in [-0.15, -0.1) is 0 Å². The third kappa shape index (κ3) is 3.83. The van der Waals surface area contributed by atoms with E-state index in [0.717, 1.165) is 42.8 Å². The van der Waals surface area contributed by atoms with Gasteiger partial charge in [-0.25, -0.2) is 0 Å². The summed E-state index contributed by atoms with van der Waals surface area (Å²) in [6.07, 6.45) is 1.80. The van der Waals surface area contributed by atoms with Crippen molar-refractivity contribution in [2.24, 2.45) is 5.92 Å². The molecule has 31 heavy (non-hydrogen) atoms. The lowest BCUT2D eigenvalue weighted by atomic mass is 10.2. The number of furan rings is 1. The molecule has 2 heterocycles. The molecule has 0 atom stereocenters. The lowest BCUT2D eigenvalue weighted by Crippen LogP contribution is -2.48. The predicted octanol–water partition coefficient (Wildman–Crippen LogP) is 3.75. The van der Waals surface area contributed by atoms with Crippen LogP contribution in [0.4, 0.5) is 11.4 Å². The molecule has 7 heteroatoms. The van der Waals surface area contributed by atoms with Crippen molar-refractivity contribution >= 4 is 34.2 Å². The number of hydrogen-bond acceptors (Lipinski definition) is 5. The number of fused-ring (bicyclic) bond motifs is 1. The Bertz CT molecular complexity index is 1110. The van der Waals surface area contributed by atoms with Crippen LogP contribution in [-0.2, 0) is 4.79 Å². The number of anilines is 2.